The zero-order valence-corrected chi connectivity index (χ0v) is 28.3. The molecule has 3 N–H and O–H groups in total. The van der Waals surface area contributed by atoms with E-state index in [1.54, 1.807) is 18.2 Å². The van der Waals surface area contributed by atoms with Crippen LogP contribution >= 0.6 is 0 Å². The lowest BCUT2D eigenvalue weighted by atomic mass is 9.78. The lowest BCUT2D eigenvalue weighted by Gasteiger charge is -2.36. The molecule has 13 heteroatoms. The largest absolute Gasteiger partial charge is 0.490 e. The summed E-state index contributed by atoms with van der Waals surface area (Å²) in [5.74, 6) is -0.552. The van der Waals surface area contributed by atoms with Gasteiger partial charge in [-0.3, -0.25) is 34.2 Å². The van der Waals surface area contributed by atoms with Crippen LogP contribution in [0.4, 0.5) is 5.69 Å². The standard InChI is InChI=1S/C38H36N6O7/c1-38(2,22-6-11-26(12-7-22)51-28-19-40-33(41-20-28)35(47)39-3)21-4-9-25(10-5-21)50-27-16-24(17-27)42-23-8-13-29-30(18-23)37(49)44(36(29)48)31-14-15-32(45)43-34(31)46/h4-13,18-20,24,27,31,42H,14-17H2,1-3H3,(H,39,47)(H,43,45,46)/t24-,27-,31?. The number of ether oxygens (including phenoxy) is 2. The lowest BCUT2D eigenvalue weighted by molar-refractivity contribution is -0.136. The Morgan fingerprint density at radius 1 is 0.843 bits per heavy atom. The van der Waals surface area contributed by atoms with Gasteiger partial charge in [-0.05, 0) is 60.0 Å². The van der Waals surface area contributed by atoms with E-state index < -0.39 is 29.7 Å². The molecule has 1 saturated carbocycles. The summed E-state index contributed by atoms with van der Waals surface area (Å²) in [5, 5.41) is 8.12. The molecule has 5 amide bonds. The first kappa shape index (κ1) is 33.4. The molecule has 1 saturated heterocycles. The van der Waals surface area contributed by atoms with Gasteiger partial charge >= 0.3 is 0 Å². The van der Waals surface area contributed by atoms with E-state index in [0.29, 0.717) is 17.2 Å². The third-order valence-corrected chi connectivity index (χ3v) is 9.65. The average Bonchev–Trinajstić information content (AvgIpc) is 3.36. The van der Waals surface area contributed by atoms with Gasteiger partial charge in [0.25, 0.3) is 17.7 Å². The van der Waals surface area contributed by atoms with Gasteiger partial charge in [0.1, 0.15) is 23.6 Å². The number of aromatic nitrogens is 2. The van der Waals surface area contributed by atoms with Gasteiger partial charge in [0.05, 0.1) is 23.5 Å². The van der Waals surface area contributed by atoms with Gasteiger partial charge in [-0.1, -0.05) is 38.1 Å². The third-order valence-electron chi connectivity index (χ3n) is 9.65. The monoisotopic (exact) mass is 688 g/mol. The van der Waals surface area contributed by atoms with Gasteiger partial charge in [-0.2, -0.15) is 0 Å². The molecule has 2 fully saturated rings. The maximum absolute atomic E-state index is 13.2. The van der Waals surface area contributed by atoms with Crippen molar-refractivity contribution in [1.29, 1.82) is 0 Å². The number of fused-ring (bicyclic) bond motifs is 1. The van der Waals surface area contributed by atoms with E-state index in [1.807, 2.05) is 36.4 Å². The van der Waals surface area contributed by atoms with Gasteiger partial charge in [0.15, 0.2) is 5.75 Å². The van der Waals surface area contributed by atoms with Crippen LogP contribution in [0.2, 0.25) is 0 Å². The first-order valence-electron chi connectivity index (χ1n) is 16.7. The molecule has 51 heavy (non-hydrogen) atoms. The number of anilines is 1. The molecule has 1 atom stereocenters. The van der Waals surface area contributed by atoms with Crippen LogP contribution in [0.5, 0.6) is 17.2 Å². The molecule has 3 aromatic carbocycles. The Morgan fingerprint density at radius 2 is 1.47 bits per heavy atom. The summed E-state index contributed by atoms with van der Waals surface area (Å²) in [7, 11) is 1.52. The Bertz CT molecular complexity index is 2020. The van der Waals surface area contributed by atoms with Crippen LogP contribution in [-0.4, -0.2) is 69.6 Å². The summed E-state index contributed by atoms with van der Waals surface area (Å²) in [6, 6.07) is 20.1. The summed E-state index contributed by atoms with van der Waals surface area (Å²) < 4.78 is 12.1. The van der Waals surface area contributed by atoms with Crippen molar-refractivity contribution in [2.24, 2.45) is 0 Å². The second-order valence-corrected chi connectivity index (χ2v) is 13.4. The van der Waals surface area contributed by atoms with E-state index >= 15 is 0 Å². The Balaban J connectivity index is 0.907. The molecule has 2 aliphatic heterocycles. The van der Waals surface area contributed by atoms with Gasteiger partial charge in [0.2, 0.25) is 17.6 Å². The highest BCUT2D eigenvalue weighted by atomic mass is 16.5. The maximum atomic E-state index is 13.2. The first-order valence-corrected chi connectivity index (χ1v) is 16.7. The number of rotatable bonds is 10. The van der Waals surface area contributed by atoms with E-state index in [4.69, 9.17) is 9.47 Å². The summed E-state index contributed by atoms with van der Waals surface area (Å²) >= 11 is 0. The topological polar surface area (TPSA) is 169 Å². The van der Waals surface area contributed by atoms with E-state index in [-0.39, 0.29) is 53.3 Å². The molecule has 1 aromatic heterocycles. The smallest absolute Gasteiger partial charge is 0.288 e. The van der Waals surface area contributed by atoms with E-state index in [9.17, 15) is 24.0 Å². The molecule has 3 heterocycles. The van der Waals surface area contributed by atoms with Crippen LogP contribution in [0.1, 0.15) is 82.0 Å². The molecule has 13 nitrogen and oxygen atoms in total. The second kappa shape index (κ2) is 13.3. The van der Waals surface area contributed by atoms with Crippen molar-refractivity contribution in [3.63, 3.8) is 0 Å². The van der Waals surface area contributed by atoms with Crippen molar-refractivity contribution in [2.45, 2.75) is 63.1 Å². The summed E-state index contributed by atoms with van der Waals surface area (Å²) in [4.78, 5) is 70.7. The van der Waals surface area contributed by atoms with Crippen molar-refractivity contribution in [3.05, 3.63) is 107 Å². The van der Waals surface area contributed by atoms with Crippen LogP contribution in [0.3, 0.4) is 0 Å². The third kappa shape index (κ3) is 6.62. The van der Waals surface area contributed by atoms with Crippen LogP contribution in [0.25, 0.3) is 0 Å². The van der Waals surface area contributed by atoms with Crippen molar-refractivity contribution in [2.75, 3.05) is 12.4 Å². The molecule has 1 unspecified atom stereocenters. The highest BCUT2D eigenvalue weighted by Gasteiger charge is 2.45. The zero-order chi connectivity index (χ0) is 35.9. The number of hydrogen-bond acceptors (Lipinski definition) is 10. The Morgan fingerprint density at radius 3 is 2.10 bits per heavy atom. The minimum absolute atomic E-state index is 0.0277. The molecule has 1 aliphatic carbocycles. The fraction of sp³-hybridized carbons (Fsp3) is 0.289. The molecule has 260 valence electrons. The number of amides is 5. The molecular formula is C38H36N6O7. The number of carbonyl (C=O) groups is 5. The minimum Gasteiger partial charge on any atom is -0.490 e. The summed E-state index contributed by atoms with van der Waals surface area (Å²) in [6.45, 7) is 4.31. The van der Waals surface area contributed by atoms with Gasteiger partial charge < -0.3 is 20.1 Å². The van der Waals surface area contributed by atoms with Crippen LogP contribution in [-0.2, 0) is 15.0 Å². The quantitative estimate of drug-likeness (QED) is 0.203. The number of imide groups is 2. The molecule has 7 rings (SSSR count). The van der Waals surface area contributed by atoms with Crippen LogP contribution in [0, 0.1) is 0 Å². The highest BCUT2D eigenvalue weighted by Crippen LogP contribution is 2.36. The SMILES string of the molecule is CNC(=O)c1ncc(Oc2ccc(C(C)(C)c3ccc(O[C@H]4C[C@H](Nc5ccc6c(c5)C(=O)N(C5CCC(=O)NC5=O)C6=O)C4)cc3)cc2)cn1. The van der Waals surface area contributed by atoms with Crippen LogP contribution < -0.4 is 25.4 Å². The number of nitrogens with one attached hydrogen (secondary N) is 3. The van der Waals surface area contributed by atoms with E-state index in [2.05, 4.69) is 51.9 Å². The number of benzene rings is 3. The number of nitrogens with zero attached hydrogens (tertiary/aromatic N) is 3. The summed E-state index contributed by atoms with van der Waals surface area (Å²) in [5.41, 5.74) is 3.14. The maximum Gasteiger partial charge on any atom is 0.288 e. The lowest BCUT2D eigenvalue weighted by Crippen LogP contribution is -2.54. The predicted octanol–water partition coefficient (Wildman–Crippen LogP) is 4.38. The van der Waals surface area contributed by atoms with Crippen molar-refractivity contribution < 1.29 is 33.4 Å². The molecule has 0 spiro atoms. The zero-order valence-electron chi connectivity index (χ0n) is 28.3. The second-order valence-electron chi connectivity index (χ2n) is 13.4. The molecular weight excluding hydrogens is 652 g/mol. The molecule has 4 aromatic rings. The number of hydrogen-bond donors (Lipinski definition) is 3. The van der Waals surface area contributed by atoms with Gasteiger partial charge in [-0.15, -0.1) is 0 Å². The Labute approximate surface area is 293 Å². The van der Waals surface area contributed by atoms with Crippen molar-refractivity contribution in [1.82, 2.24) is 25.5 Å². The van der Waals surface area contributed by atoms with E-state index in [1.165, 1.54) is 19.4 Å². The highest BCUT2D eigenvalue weighted by molar-refractivity contribution is 6.23. The van der Waals surface area contributed by atoms with Crippen molar-refractivity contribution >= 4 is 35.2 Å². The fourth-order valence-corrected chi connectivity index (χ4v) is 6.56. The van der Waals surface area contributed by atoms with Crippen LogP contribution in [0.15, 0.2) is 79.1 Å². The first-order chi connectivity index (χ1) is 24.5. The van der Waals surface area contributed by atoms with Crippen molar-refractivity contribution in [3.8, 4) is 17.2 Å². The molecule has 0 bridgehead atoms. The summed E-state index contributed by atoms with van der Waals surface area (Å²) in [6.07, 6.45) is 4.67. The fourth-order valence-electron chi connectivity index (χ4n) is 6.56. The van der Waals surface area contributed by atoms with Gasteiger partial charge in [0, 0.05) is 43.5 Å². The normalized spacial score (nSPS) is 19.9. The minimum atomic E-state index is -0.992. The Kier molecular flexibility index (Phi) is 8.71. The van der Waals surface area contributed by atoms with Gasteiger partial charge in [-0.25, -0.2) is 9.97 Å². The molecule has 0 radical (unpaired) electrons. The number of piperidine rings is 1. The number of carbonyl (C=O) groups excluding carboxylic acids is 5. The average molecular weight is 689 g/mol. The predicted molar refractivity (Wildman–Crippen MR) is 185 cm³/mol. The molecule has 3 aliphatic rings. The Hall–Kier alpha value is -6.11. The van der Waals surface area contributed by atoms with E-state index in [0.717, 1.165) is 34.6 Å².